The van der Waals surface area contributed by atoms with Gasteiger partial charge in [-0.15, -0.1) is 0 Å². The highest BCUT2D eigenvalue weighted by atomic mass is 16.7. The Morgan fingerprint density at radius 3 is 3.00 bits per heavy atom. The van der Waals surface area contributed by atoms with E-state index in [9.17, 15) is 4.79 Å². The van der Waals surface area contributed by atoms with Gasteiger partial charge in [-0.3, -0.25) is 4.79 Å². The molecule has 0 saturated carbocycles. The molecule has 1 aliphatic rings. The number of nitrogens with one attached hydrogen (secondary N) is 1. The SMILES string of the molecule is COc1cc(/C=N\NC(=O)c2ccoc2C)cc2c1OCO2. The molecule has 0 atom stereocenters. The molecule has 7 heteroatoms. The van der Waals surface area contributed by atoms with E-state index in [1.54, 1.807) is 32.2 Å². The second-order valence-electron chi connectivity index (χ2n) is 4.55. The summed E-state index contributed by atoms with van der Waals surface area (Å²) >= 11 is 0. The molecular formula is C15H14N2O5. The van der Waals surface area contributed by atoms with Gasteiger partial charge in [-0.05, 0) is 25.1 Å². The number of aryl methyl sites for hydroxylation is 1. The van der Waals surface area contributed by atoms with Gasteiger partial charge < -0.3 is 18.6 Å². The van der Waals surface area contributed by atoms with E-state index in [4.69, 9.17) is 18.6 Å². The van der Waals surface area contributed by atoms with Crippen molar-refractivity contribution in [3.8, 4) is 17.2 Å². The molecule has 2 heterocycles. The Morgan fingerprint density at radius 2 is 2.27 bits per heavy atom. The molecular weight excluding hydrogens is 288 g/mol. The minimum Gasteiger partial charge on any atom is -0.493 e. The highest BCUT2D eigenvalue weighted by Gasteiger charge is 2.19. The smallest absolute Gasteiger partial charge is 0.274 e. The van der Waals surface area contributed by atoms with E-state index in [1.807, 2.05) is 0 Å². The topological polar surface area (TPSA) is 82.3 Å². The van der Waals surface area contributed by atoms with Crippen LogP contribution in [-0.4, -0.2) is 26.0 Å². The Hall–Kier alpha value is -2.96. The average Bonchev–Trinajstić information content (AvgIpc) is 3.14. The van der Waals surface area contributed by atoms with Gasteiger partial charge in [0.1, 0.15) is 5.76 Å². The summed E-state index contributed by atoms with van der Waals surface area (Å²) in [7, 11) is 1.54. The zero-order valence-electron chi connectivity index (χ0n) is 12.1. The number of nitrogens with zero attached hydrogens (tertiary/aromatic N) is 1. The van der Waals surface area contributed by atoms with Crippen molar-refractivity contribution < 1.29 is 23.4 Å². The first-order valence-corrected chi connectivity index (χ1v) is 6.54. The highest BCUT2D eigenvalue weighted by molar-refractivity contribution is 5.95. The zero-order chi connectivity index (χ0) is 15.5. The van der Waals surface area contributed by atoms with Crippen LogP contribution in [0.25, 0.3) is 0 Å². The molecule has 7 nitrogen and oxygen atoms in total. The van der Waals surface area contributed by atoms with E-state index in [1.165, 1.54) is 12.5 Å². The fourth-order valence-electron chi connectivity index (χ4n) is 2.07. The maximum atomic E-state index is 11.9. The normalized spacial score (nSPS) is 12.6. The zero-order valence-corrected chi connectivity index (χ0v) is 12.1. The summed E-state index contributed by atoms with van der Waals surface area (Å²) < 4.78 is 20.9. The van der Waals surface area contributed by atoms with Gasteiger partial charge in [-0.1, -0.05) is 0 Å². The van der Waals surface area contributed by atoms with E-state index in [2.05, 4.69) is 10.5 Å². The van der Waals surface area contributed by atoms with Crippen LogP contribution in [0.1, 0.15) is 21.7 Å². The fraction of sp³-hybridized carbons (Fsp3) is 0.200. The lowest BCUT2D eigenvalue weighted by atomic mass is 10.2. The quantitative estimate of drug-likeness (QED) is 0.690. The summed E-state index contributed by atoms with van der Waals surface area (Å²) in [6, 6.07) is 5.08. The molecule has 0 spiro atoms. The molecule has 0 fully saturated rings. The summed E-state index contributed by atoms with van der Waals surface area (Å²) in [6.45, 7) is 1.87. The van der Waals surface area contributed by atoms with Crippen LogP contribution in [0, 0.1) is 6.92 Å². The third kappa shape index (κ3) is 2.60. The molecule has 1 aliphatic heterocycles. The first-order valence-electron chi connectivity index (χ1n) is 6.54. The number of furan rings is 1. The van der Waals surface area contributed by atoms with Crippen LogP contribution in [-0.2, 0) is 0 Å². The summed E-state index contributed by atoms with van der Waals surface area (Å²) in [4.78, 5) is 11.9. The molecule has 1 aromatic heterocycles. The van der Waals surface area contributed by atoms with E-state index in [0.717, 1.165) is 0 Å². The van der Waals surface area contributed by atoms with Crippen molar-refractivity contribution in [2.24, 2.45) is 5.10 Å². The molecule has 22 heavy (non-hydrogen) atoms. The predicted molar refractivity (Wildman–Crippen MR) is 77.6 cm³/mol. The summed E-state index contributed by atoms with van der Waals surface area (Å²) in [6.07, 6.45) is 2.95. The van der Waals surface area contributed by atoms with Crippen LogP contribution in [0.4, 0.5) is 0 Å². The number of hydrogen-bond donors (Lipinski definition) is 1. The third-order valence-corrected chi connectivity index (χ3v) is 3.16. The van der Waals surface area contributed by atoms with Gasteiger partial charge in [0.15, 0.2) is 11.5 Å². The standard InChI is InChI=1S/C15H14N2O5/c1-9-11(3-4-20-9)15(18)17-16-7-10-5-12(19-2)14-13(6-10)21-8-22-14/h3-7H,8H2,1-2H3,(H,17,18)/b16-7-. The van der Waals surface area contributed by atoms with Crippen molar-refractivity contribution in [1.29, 1.82) is 0 Å². The molecule has 1 N–H and O–H groups in total. The lowest BCUT2D eigenvalue weighted by Gasteiger charge is -2.05. The lowest BCUT2D eigenvalue weighted by Crippen LogP contribution is -2.17. The molecule has 0 saturated heterocycles. The Kier molecular flexibility index (Phi) is 3.69. The van der Waals surface area contributed by atoms with Crippen LogP contribution < -0.4 is 19.6 Å². The molecule has 0 unspecified atom stereocenters. The van der Waals surface area contributed by atoms with Crippen LogP contribution in [0.3, 0.4) is 0 Å². The fourth-order valence-corrected chi connectivity index (χ4v) is 2.07. The second kappa shape index (κ2) is 5.80. The minimum atomic E-state index is -0.338. The predicted octanol–water partition coefficient (Wildman–Crippen LogP) is 2.09. The van der Waals surface area contributed by atoms with Crippen molar-refractivity contribution in [2.75, 3.05) is 13.9 Å². The van der Waals surface area contributed by atoms with E-state index in [-0.39, 0.29) is 12.7 Å². The molecule has 1 amide bonds. The van der Waals surface area contributed by atoms with Crippen LogP contribution >= 0.6 is 0 Å². The van der Waals surface area contributed by atoms with Crippen molar-refractivity contribution >= 4 is 12.1 Å². The molecule has 0 aliphatic carbocycles. The highest BCUT2D eigenvalue weighted by Crippen LogP contribution is 2.41. The molecule has 114 valence electrons. The van der Waals surface area contributed by atoms with E-state index >= 15 is 0 Å². The third-order valence-electron chi connectivity index (χ3n) is 3.16. The first kappa shape index (κ1) is 14.0. The van der Waals surface area contributed by atoms with Gasteiger partial charge in [0.25, 0.3) is 5.91 Å². The number of hydrogen-bond acceptors (Lipinski definition) is 6. The molecule has 0 radical (unpaired) electrons. The monoisotopic (exact) mass is 302 g/mol. The number of carbonyl (C=O) groups is 1. The number of carbonyl (C=O) groups excluding carboxylic acids is 1. The number of hydrazone groups is 1. The Balaban J connectivity index is 1.73. The van der Waals surface area contributed by atoms with Crippen molar-refractivity contribution in [2.45, 2.75) is 6.92 Å². The lowest BCUT2D eigenvalue weighted by molar-refractivity contribution is 0.0953. The maximum Gasteiger partial charge on any atom is 0.274 e. The number of amides is 1. The van der Waals surface area contributed by atoms with Crippen molar-refractivity contribution in [3.05, 3.63) is 41.3 Å². The van der Waals surface area contributed by atoms with Crippen LogP contribution in [0.5, 0.6) is 17.2 Å². The van der Waals surface area contributed by atoms with Crippen molar-refractivity contribution in [3.63, 3.8) is 0 Å². The first-order chi connectivity index (χ1) is 10.7. The molecule has 3 rings (SSSR count). The van der Waals surface area contributed by atoms with Gasteiger partial charge in [0.05, 0.1) is 25.2 Å². The Morgan fingerprint density at radius 1 is 1.41 bits per heavy atom. The van der Waals surface area contributed by atoms with Gasteiger partial charge in [-0.2, -0.15) is 5.10 Å². The van der Waals surface area contributed by atoms with Gasteiger partial charge in [-0.25, -0.2) is 5.43 Å². The van der Waals surface area contributed by atoms with Gasteiger partial charge in [0, 0.05) is 5.56 Å². The van der Waals surface area contributed by atoms with E-state index in [0.29, 0.717) is 34.1 Å². The molecule has 2 aromatic rings. The van der Waals surface area contributed by atoms with Crippen molar-refractivity contribution in [1.82, 2.24) is 5.43 Å². The maximum absolute atomic E-state index is 11.9. The number of fused-ring (bicyclic) bond motifs is 1. The second-order valence-corrected chi connectivity index (χ2v) is 4.55. The largest absolute Gasteiger partial charge is 0.493 e. The molecule has 0 bridgehead atoms. The number of ether oxygens (including phenoxy) is 3. The van der Waals surface area contributed by atoms with Gasteiger partial charge in [0.2, 0.25) is 12.5 Å². The summed E-state index contributed by atoms with van der Waals surface area (Å²) in [5, 5.41) is 3.92. The Bertz CT molecular complexity index is 736. The van der Waals surface area contributed by atoms with Gasteiger partial charge >= 0.3 is 0 Å². The number of methoxy groups -OCH3 is 1. The average molecular weight is 302 g/mol. The number of benzene rings is 1. The summed E-state index contributed by atoms with van der Waals surface area (Å²) in [5.74, 6) is 1.90. The van der Waals surface area contributed by atoms with Crippen LogP contribution in [0.2, 0.25) is 0 Å². The van der Waals surface area contributed by atoms with E-state index < -0.39 is 0 Å². The number of rotatable bonds is 4. The minimum absolute atomic E-state index is 0.156. The summed E-state index contributed by atoms with van der Waals surface area (Å²) in [5.41, 5.74) is 3.60. The molecule has 1 aromatic carbocycles. The Labute approximate surface area is 126 Å². The van der Waals surface area contributed by atoms with Crippen LogP contribution in [0.15, 0.2) is 34.0 Å².